The second-order valence-corrected chi connectivity index (χ2v) is 4.73. The van der Waals surface area contributed by atoms with E-state index in [1.54, 1.807) is 0 Å². The van der Waals surface area contributed by atoms with Gasteiger partial charge in [-0.15, -0.1) is 0 Å². The smallest absolute Gasteiger partial charge is 0.203 e. The van der Waals surface area contributed by atoms with Gasteiger partial charge >= 0.3 is 0 Å². The highest BCUT2D eigenvalue weighted by molar-refractivity contribution is 5.77. The molecule has 2 N–H and O–H groups in total. The summed E-state index contributed by atoms with van der Waals surface area (Å²) in [5.41, 5.74) is 2.13. The molecule has 90 valence electrons. The summed E-state index contributed by atoms with van der Waals surface area (Å²) in [4.78, 5) is 10.1. The summed E-state index contributed by atoms with van der Waals surface area (Å²) in [6.07, 6.45) is 2.68. The van der Waals surface area contributed by atoms with Crippen molar-refractivity contribution in [2.45, 2.75) is 18.9 Å². The lowest BCUT2D eigenvalue weighted by molar-refractivity contribution is 0.671. The summed E-state index contributed by atoms with van der Waals surface area (Å²) in [6.45, 7) is 2.01. The molecule has 1 fully saturated rings. The zero-order valence-electron chi connectivity index (χ0n) is 10.1. The normalized spacial score (nSPS) is 15.4. The van der Waals surface area contributed by atoms with Crippen molar-refractivity contribution < 1.29 is 0 Å². The van der Waals surface area contributed by atoms with Gasteiger partial charge in [-0.3, -0.25) is 0 Å². The maximum atomic E-state index is 4.57. The first kappa shape index (κ1) is 10.6. The van der Waals surface area contributed by atoms with Gasteiger partial charge in [-0.2, -0.15) is 0 Å². The van der Waals surface area contributed by atoms with Crippen molar-refractivity contribution in [3.05, 3.63) is 24.3 Å². The Labute approximate surface area is 101 Å². The first-order chi connectivity index (χ1) is 8.33. The number of hydrogen-bond acceptors (Lipinski definition) is 3. The zero-order valence-corrected chi connectivity index (χ0v) is 10.1. The Morgan fingerprint density at radius 2 is 2.24 bits per heavy atom. The van der Waals surface area contributed by atoms with Crippen LogP contribution in [0.25, 0.3) is 11.0 Å². The minimum Gasteiger partial charge on any atom is -0.344 e. The molecule has 0 amide bonds. The molecule has 0 unspecified atom stereocenters. The molecular formula is C13H18N4. The maximum absolute atomic E-state index is 4.57. The number of para-hydroxylation sites is 2. The van der Waals surface area contributed by atoms with Crippen LogP contribution in [0.5, 0.6) is 0 Å². The van der Waals surface area contributed by atoms with Crippen LogP contribution in [0.2, 0.25) is 0 Å². The number of H-pyrrole nitrogens is 1. The van der Waals surface area contributed by atoms with Gasteiger partial charge in [-0.25, -0.2) is 4.98 Å². The predicted molar refractivity (Wildman–Crippen MR) is 70.4 cm³/mol. The summed E-state index contributed by atoms with van der Waals surface area (Å²) in [5, 5.41) is 3.51. The summed E-state index contributed by atoms with van der Waals surface area (Å²) in [6, 6.07) is 8.91. The third-order valence-corrected chi connectivity index (χ3v) is 3.20. The van der Waals surface area contributed by atoms with E-state index >= 15 is 0 Å². The number of aromatic amines is 1. The number of aromatic nitrogens is 2. The fourth-order valence-corrected chi connectivity index (χ4v) is 1.95. The lowest BCUT2D eigenvalue weighted by Gasteiger charge is -2.15. The Kier molecular flexibility index (Phi) is 2.73. The van der Waals surface area contributed by atoms with E-state index < -0.39 is 0 Å². The molecule has 1 aromatic heterocycles. The Morgan fingerprint density at radius 1 is 1.41 bits per heavy atom. The summed E-state index contributed by atoms with van der Waals surface area (Å²) in [5.74, 6) is 0.948. The van der Waals surface area contributed by atoms with Gasteiger partial charge in [0.15, 0.2) is 0 Å². The van der Waals surface area contributed by atoms with E-state index in [-0.39, 0.29) is 0 Å². The lowest BCUT2D eigenvalue weighted by Crippen LogP contribution is -2.30. The van der Waals surface area contributed by atoms with E-state index in [4.69, 9.17) is 0 Å². The van der Waals surface area contributed by atoms with Gasteiger partial charge in [0.05, 0.1) is 11.0 Å². The first-order valence-corrected chi connectivity index (χ1v) is 6.22. The highest BCUT2D eigenvalue weighted by atomic mass is 15.2. The van der Waals surface area contributed by atoms with Crippen molar-refractivity contribution in [1.82, 2.24) is 15.3 Å². The average Bonchev–Trinajstić information content (AvgIpc) is 3.06. The number of benzene rings is 1. The summed E-state index contributed by atoms with van der Waals surface area (Å²) in [7, 11) is 2.08. The standard InChI is InChI=1S/C13H18N4/c1-17(9-8-14-10-6-7-10)13-15-11-4-2-3-5-12(11)16-13/h2-5,10,14H,6-9H2,1H3,(H,15,16). The topological polar surface area (TPSA) is 44.0 Å². The number of hydrogen-bond donors (Lipinski definition) is 2. The van der Waals surface area contributed by atoms with E-state index in [0.717, 1.165) is 36.1 Å². The van der Waals surface area contributed by atoms with Crippen molar-refractivity contribution in [2.24, 2.45) is 0 Å². The van der Waals surface area contributed by atoms with Crippen molar-refractivity contribution in [1.29, 1.82) is 0 Å². The molecule has 17 heavy (non-hydrogen) atoms. The SMILES string of the molecule is CN(CCNC1CC1)c1nc2ccccc2[nH]1. The molecule has 1 aliphatic carbocycles. The van der Waals surface area contributed by atoms with Crippen molar-refractivity contribution in [2.75, 3.05) is 25.0 Å². The number of likely N-dealkylation sites (N-methyl/N-ethyl adjacent to an activating group) is 1. The maximum Gasteiger partial charge on any atom is 0.203 e. The molecule has 4 nitrogen and oxygen atoms in total. The molecule has 1 saturated carbocycles. The van der Waals surface area contributed by atoms with Gasteiger partial charge in [0.1, 0.15) is 0 Å². The lowest BCUT2D eigenvalue weighted by atomic mass is 10.3. The number of fused-ring (bicyclic) bond motifs is 1. The number of imidazole rings is 1. The van der Waals surface area contributed by atoms with Gasteiger partial charge < -0.3 is 15.2 Å². The largest absolute Gasteiger partial charge is 0.344 e. The van der Waals surface area contributed by atoms with Crippen LogP contribution in [0.3, 0.4) is 0 Å². The highest BCUT2D eigenvalue weighted by Gasteiger charge is 2.20. The molecule has 1 aliphatic rings. The molecule has 3 rings (SSSR count). The van der Waals surface area contributed by atoms with Gasteiger partial charge in [-0.05, 0) is 25.0 Å². The molecule has 0 spiro atoms. The Balaban J connectivity index is 1.64. The number of anilines is 1. The Morgan fingerprint density at radius 3 is 3.00 bits per heavy atom. The van der Waals surface area contributed by atoms with Crippen LogP contribution >= 0.6 is 0 Å². The molecule has 2 aromatic rings. The van der Waals surface area contributed by atoms with Gasteiger partial charge in [0, 0.05) is 26.2 Å². The second-order valence-electron chi connectivity index (χ2n) is 4.73. The zero-order chi connectivity index (χ0) is 11.7. The van der Waals surface area contributed by atoms with Gasteiger partial charge in [-0.1, -0.05) is 12.1 Å². The van der Waals surface area contributed by atoms with Crippen LogP contribution in [0.1, 0.15) is 12.8 Å². The third kappa shape index (κ3) is 2.42. The molecule has 1 heterocycles. The molecule has 0 radical (unpaired) electrons. The molecule has 0 bridgehead atoms. The van der Waals surface area contributed by atoms with Crippen molar-refractivity contribution >= 4 is 17.0 Å². The van der Waals surface area contributed by atoms with E-state index in [9.17, 15) is 0 Å². The van der Waals surface area contributed by atoms with Gasteiger partial charge in [0.2, 0.25) is 5.95 Å². The van der Waals surface area contributed by atoms with E-state index in [0.29, 0.717) is 0 Å². The van der Waals surface area contributed by atoms with E-state index in [1.807, 2.05) is 18.2 Å². The predicted octanol–water partition coefficient (Wildman–Crippen LogP) is 1.75. The first-order valence-electron chi connectivity index (χ1n) is 6.22. The van der Waals surface area contributed by atoms with Crippen LogP contribution in [0.15, 0.2) is 24.3 Å². The average molecular weight is 230 g/mol. The van der Waals surface area contributed by atoms with E-state index in [2.05, 4.69) is 33.3 Å². The number of nitrogens with zero attached hydrogens (tertiary/aromatic N) is 2. The Hall–Kier alpha value is -1.55. The number of rotatable bonds is 5. The summed E-state index contributed by atoms with van der Waals surface area (Å²) >= 11 is 0. The molecule has 1 aromatic carbocycles. The van der Waals surface area contributed by atoms with Crippen molar-refractivity contribution in [3.63, 3.8) is 0 Å². The van der Waals surface area contributed by atoms with Crippen LogP contribution in [0, 0.1) is 0 Å². The van der Waals surface area contributed by atoms with Crippen LogP contribution in [-0.4, -0.2) is 36.1 Å². The Bertz CT molecular complexity index is 468. The minimum absolute atomic E-state index is 0.777. The van der Waals surface area contributed by atoms with E-state index in [1.165, 1.54) is 12.8 Å². The summed E-state index contributed by atoms with van der Waals surface area (Å²) < 4.78 is 0. The minimum atomic E-state index is 0.777. The third-order valence-electron chi connectivity index (χ3n) is 3.20. The van der Waals surface area contributed by atoms with Crippen LogP contribution < -0.4 is 10.2 Å². The van der Waals surface area contributed by atoms with Crippen LogP contribution in [0.4, 0.5) is 5.95 Å². The second kappa shape index (κ2) is 4.37. The van der Waals surface area contributed by atoms with Gasteiger partial charge in [0.25, 0.3) is 0 Å². The molecule has 0 atom stereocenters. The quantitative estimate of drug-likeness (QED) is 0.822. The molecular weight excluding hydrogens is 212 g/mol. The van der Waals surface area contributed by atoms with Crippen molar-refractivity contribution in [3.8, 4) is 0 Å². The van der Waals surface area contributed by atoms with Crippen LogP contribution in [-0.2, 0) is 0 Å². The molecule has 0 aliphatic heterocycles. The highest BCUT2D eigenvalue weighted by Crippen LogP contribution is 2.18. The molecule has 0 saturated heterocycles. The molecule has 4 heteroatoms. The fourth-order valence-electron chi connectivity index (χ4n) is 1.95. The fraction of sp³-hybridized carbons (Fsp3) is 0.462. The number of nitrogens with one attached hydrogen (secondary N) is 2. The monoisotopic (exact) mass is 230 g/mol.